The summed E-state index contributed by atoms with van der Waals surface area (Å²) in [6.45, 7) is 0. The second kappa shape index (κ2) is 4.93. The molecule has 0 bridgehead atoms. The fraction of sp³-hybridized carbons (Fsp3) is 0. The maximum absolute atomic E-state index is 5.10. The zero-order valence-electron chi connectivity index (χ0n) is 15.0. The van der Waals surface area contributed by atoms with Gasteiger partial charge in [0, 0.05) is 26.3 Å². The fourth-order valence-electron chi connectivity index (χ4n) is 4.74. The predicted molar refractivity (Wildman–Crippen MR) is 111 cm³/mol. The van der Waals surface area contributed by atoms with E-state index < -0.39 is 0 Å². The van der Waals surface area contributed by atoms with Crippen molar-refractivity contribution >= 4 is 32.9 Å². The van der Waals surface area contributed by atoms with E-state index in [4.69, 9.17) is 9.98 Å². The molecule has 2 heterocycles. The van der Waals surface area contributed by atoms with Gasteiger partial charge >= 0.3 is 0 Å². The van der Waals surface area contributed by atoms with Crippen LogP contribution in [0.2, 0.25) is 0 Å². The average molecular weight is 354 g/mol. The first-order valence-electron chi connectivity index (χ1n) is 9.53. The van der Waals surface area contributed by atoms with Crippen LogP contribution in [0.5, 0.6) is 0 Å². The van der Waals surface area contributed by atoms with Crippen molar-refractivity contribution in [1.29, 1.82) is 0 Å². The molecule has 7 rings (SSSR count). The van der Waals surface area contributed by atoms with E-state index in [1.54, 1.807) is 0 Å². The Morgan fingerprint density at radius 1 is 0.464 bits per heavy atom. The van der Waals surface area contributed by atoms with Crippen LogP contribution in [0, 0.1) is 20.9 Å². The van der Waals surface area contributed by atoms with Gasteiger partial charge in [-0.25, -0.2) is 9.98 Å². The van der Waals surface area contributed by atoms with Gasteiger partial charge in [0.05, 0.1) is 22.1 Å². The van der Waals surface area contributed by atoms with Gasteiger partial charge in [-0.3, -0.25) is 0 Å². The highest BCUT2D eigenvalue weighted by atomic mass is 14.8. The molecular weight excluding hydrogens is 340 g/mol. The average Bonchev–Trinajstić information content (AvgIpc) is 3.30. The van der Waals surface area contributed by atoms with Gasteiger partial charge in [-0.2, -0.15) is 0 Å². The Balaban J connectivity index is 1.81. The van der Waals surface area contributed by atoms with Crippen LogP contribution in [-0.2, 0) is 0 Å². The SMILES string of the molecule is c1ccc2c(c1)=Nc1cc3c(cc1=2)N=c1c=3c2ccccc2c2ccccc12. The van der Waals surface area contributed by atoms with E-state index in [1.807, 2.05) is 6.07 Å². The molecule has 28 heavy (non-hydrogen) atoms. The Bertz CT molecular complexity index is 1820. The number of hydrogen-bond acceptors (Lipinski definition) is 2. The smallest absolute Gasteiger partial charge is 0.0801 e. The summed E-state index contributed by atoms with van der Waals surface area (Å²) in [5, 5.41) is 11.9. The molecule has 0 unspecified atom stereocenters. The summed E-state index contributed by atoms with van der Waals surface area (Å²) in [5.41, 5.74) is 2.09. The molecule has 5 aromatic carbocycles. The molecule has 0 saturated heterocycles. The molecule has 0 spiro atoms. The minimum atomic E-state index is 1.04. The lowest BCUT2D eigenvalue weighted by atomic mass is 9.98. The molecule has 0 fully saturated rings. The van der Waals surface area contributed by atoms with Gasteiger partial charge in [0.25, 0.3) is 0 Å². The molecule has 0 saturated carbocycles. The first-order chi connectivity index (χ1) is 13.9. The van der Waals surface area contributed by atoms with E-state index in [2.05, 4.69) is 78.9 Å². The van der Waals surface area contributed by atoms with Crippen LogP contribution in [0.15, 0.2) is 94.9 Å². The fourth-order valence-corrected chi connectivity index (χ4v) is 4.74. The van der Waals surface area contributed by atoms with Crippen molar-refractivity contribution in [3.05, 3.63) is 117 Å². The second-order valence-electron chi connectivity index (χ2n) is 7.44. The molecule has 2 aliphatic heterocycles. The highest BCUT2D eigenvalue weighted by Gasteiger charge is 2.14. The third kappa shape index (κ3) is 1.68. The quantitative estimate of drug-likeness (QED) is 0.339. The Kier molecular flexibility index (Phi) is 2.52. The summed E-state index contributed by atoms with van der Waals surface area (Å²) in [6, 6.07) is 30.0. The number of para-hydroxylation sites is 1. The number of benzene rings is 5. The molecule has 0 N–H and O–H groups in total. The Morgan fingerprint density at radius 2 is 1.07 bits per heavy atom. The normalized spacial score (nSPS) is 12.9. The van der Waals surface area contributed by atoms with Gasteiger partial charge in [0.2, 0.25) is 0 Å². The monoisotopic (exact) mass is 354 g/mol. The third-order valence-electron chi connectivity index (χ3n) is 5.96. The minimum absolute atomic E-state index is 1.04. The van der Waals surface area contributed by atoms with Crippen LogP contribution < -0.4 is 10.7 Å². The zero-order valence-corrected chi connectivity index (χ0v) is 15.0. The summed E-state index contributed by atoms with van der Waals surface area (Å²) in [4.78, 5) is 9.97. The summed E-state index contributed by atoms with van der Waals surface area (Å²) in [6.07, 6.45) is 0. The van der Waals surface area contributed by atoms with Crippen molar-refractivity contribution in [3.63, 3.8) is 0 Å². The molecule has 2 aliphatic rings. The highest BCUT2D eigenvalue weighted by Crippen LogP contribution is 2.31. The standard InChI is InChI=1S/C26H14N2/c1-3-10-18-15(7-1)16-8-2-4-11-19(16)26-25(18)21-14-23-20(13-24(21)28-26)17-9-5-6-12-22(17)27-23/h1-14H. The van der Waals surface area contributed by atoms with Crippen LogP contribution in [0.1, 0.15) is 0 Å². The van der Waals surface area contributed by atoms with Crippen LogP contribution in [0.4, 0.5) is 11.4 Å². The molecule has 0 radical (unpaired) electrons. The molecule has 0 atom stereocenters. The van der Waals surface area contributed by atoms with E-state index in [1.165, 1.54) is 42.4 Å². The number of nitrogens with zero attached hydrogens (tertiary/aromatic N) is 2. The maximum Gasteiger partial charge on any atom is 0.0801 e. The number of rotatable bonds is 0. The first-order valence-corrected chi connectivity index (χ1v) is 9.53. The maximum atomic E-state index is 5.10. The van der Waals surface area contributed by atoms with E-state index in [0.29, 0.717) is 0 Å². The molecule has 0 aliphatic carbocycles. The van der Waals surface area contributed by atoms with Crippen LogP contribution in [-0.4, -0.2) is 0 Å². The first kappa shape index (κ1) is 14.3. The largest absolute Gasteiger partial charge is 0.248 e. The second-order valence-corrected chi connectivity index (χ2v) is 7.44. The van der Waals surface area contributed by atoms with Crippen LogP contribution >= 0.6 is 0 Å². The van der Waals surface area contributed by atoms with Crippen molar-refractivity contribution in [2.24, 2.45) is 9.98 Å². The predicted octanol–water partition coefficient (Wildman–Crippen LogP) is 5.10. The van der Waals surface area contributed by atoms with Gasteiger partial charge < -0.3 is 0 Å². The Labute approximate surface area is 159 Å². The van der Waals surface area contributed by atoms with E-state index >= 15 is 0 Å². The molecule has 5 aromatic rings. The zero-order chi connectivity index (χ0) is 18.2. The molecular formula is C26H14N2. The highest BCUT2D eigenvalue weighted by molar-refractivity contribution is 6.07. The summed E-state index contributed by atoms with van der Waals surface area (Å²) >= 11 is 0. The molecule has 2 nitrogen and oxygen atoms in total. The summed E-state index contributed by atoms with van der Waals surface area (Å²) in [7, 11) is 0. The van der Waals surface area contributed by atoms with Crippen molar-refractivity contribution in [1.82, 2.24) is 0 Å². The minimum Gasteiger partial charge on any atom is -0.248 e. The Hall–Kier alpha value is -3.78. The molecule has 0 aromatic heterocycles. The van der Waals surface area contributed by atoms with E-state index in [-0.39, 0.29) is 0 Å². The van der Waals surface area contributed by atoms with E-state index in [9.17, 15) is 0 Å². The third-order valence-corrected chi connectivity index (χ3v) is 5.96. The van der Waals surface area contributed by atoms with Gasteiger partial charge in [-0.05, 0) is 34.4 Å². The van der Waals surface area contributed by atoms with Crippen molar-refractivity contribution in [2.75, 3.05) is 0 Å². The van der Waals surface area contributed by atoms with Crippen LogP contribution in [0.3, 0.4) is 0 Å². The number of hydrogen-bond donors (Lipinski definition) is 0. The topological polar surface area (TPSA) is 24.7 Å². The van der Waals surface area contributed by atoms with Crippen LogP contribution in [0.25, 0.3) is 21.5 Å². The van der Waals surface area contributed by atoms with Gasteiger partial charge in [0.15, 0.2) is 0 Å². The molecule has 2 heteroatoms. The van der Waals surface area contributed by atoms with E-state index in [0.717, 1.165) is 22.1 Å². The van der Waals surface area contributed by atoms with Gasteiger partial charge in [0.1, 0.15) is 0 Å². The summed E-state index contributed by atoms with van der Waals surface area (Å²) < 4.78 is 0. The van der Waals surface area contributed by atoms with Crippen molar-refractivity contribution in [2.45, 2.75) is 0 Å². The molecule has 128 valence electrons. The lowest BCUT2D eigenvalue weighted by Crippen LogP contribution is -2.04. The lowest BCUT2D eigenvalue weighted by Gasteiger charge is -2.04. The van der Waals surface area contributed by atoms with Gasteiger partial charge in [-0.15, -0.1) is 0 Å². The lowest BCUT2D eigenvalue weighted by molar-refractivity contribution is 1.37. The number of fused-ring (bicyclic) bond motifs is 9. The van der Waals surface area contributed by atoms with Crippen molar-refractivity contribution < 1.29 is 0 Å². The summed E-state index contributed by atoms with van der Waals surface area (Å²) in [5.74, 6) is 0. The Morgan fingerprint density at radius 3 is 1.93 bits per heavy atom. The van der Waals surface area contributed by atoms with Crippen molar-refractivity contribution in [3.8, 4) is 0 Å². The molecule has 0 amide bonds. The van der Waals surface area contributed by atoms with Gasteiger partial charge in [-0.1, -0.05) is 66.7 Å².